The largest absolute Gasteiger partial charge is 0.458 e. The number of methoxy groups -OCH3 is 2. The highest BCUT2D eigenvalue weighted by Crippen LogP contribution is 2.50. The minimum atomic E-state index is -1.19. The minimum absolute atomic E-state index is 0.0540. The van der Waals surface area contributed by atoms with Crippen molar-refractivity contribution in [3.63, 3.8) is 0 Å². The van der Waals surface area contributed by atoms with E-state index in [1.54, 1.807) is 64.9 Å². The second-order valence-corrected chi connectivity index (χ2v) is 23.0. The van der Waals surface area contributed by atoms with Gasteiger partial charge in [0.1, 0.15) is 24.1 Å². The summed E-state index contributed by atoms with van der Waals surface area (Å²) in [5, 5.41) is 2.82. The lowest BCUT2D eigenvalue weighted by molar-refractivity contribution is -0.159. The lowest BCUT2D eigenvalue weighted by atomic mass is 9.83. The summed E-state index contributed by atoms with van der Waals surface area (Å²) in [6, 6.07) is 19.1. The van der Waals surface area contributed by atoms with Gasteiger partial charge in [0.15, 0.2) is 5.78 Å². The topological polar surface area (TPSA) is 161 Å². The molecule has 11 atom stereocenters. The summed E-state index contributed by atoms with van der Waals surface area (Å²) in [6.07, 6.45) is -0.323. The number of benzene rings is 3. The molecule has 3 aliphatic rings. The number of hydrogen-bond acceptors (Lipinski definition) is 10. The summed E-state index contributed by atoms with van der Waals surface area (Å²) in [6.45, 7) is 18.6. The number of rotatable bonds is 24. The number of nitrogens with one attached hydrogen (secondary N) is 1. The molecule has 2 aliphatic carbocycles. The predicted octanol–water partition coefficient (Wildman–Crippen LogP) is 9.25. The first-order valence-electron chi connectivity index (χ1n) is 26.9. The van der Waals surface area contributed by atoms with E-state index in [2.05, 4.69) is 29.6 Å². The number of nitrogens with zero attached hydrogens (tertiary/aromatic N) is 3. The molecule has 3 aromatic rings. The number of Topliss-reactive ketones (excluding diaryl/α,β-unsaturated/α-hetero) is 1. The van der Waals surface area contributed by atoms with Crippen molar-refractivity contribution < 1.29 is 52.1 Å². The van der Waals surface area contributed by atoms with Gasteiger partial charge in [-0.05, 0) is 91.2 Å². The van der Waals surface area contributed by atoms with E-state index in [4.69, 9.17) is 18.9 Å². The molecule has 410 valence electrons. The van der Waals surface area contributed by atoms with E-state index in [0.717, 1.165) is 28.7 Å². The van der Waals surface area contributed by atoms with E-state index >= 15 is 0 Å². The third-order valence-electron chi connectivity index (χ3n) is 16.0. The number of hydrogen-bond donors (Lipinski definition) is 1. The molecule has 1 heterocycles. The summed E-state index contributed by atoms with van der Waals surface area (Å²) < 4.78 is 38.7. The SMILES string of the molecule is CC[C@H](C)[C@@H]([C@@H](CC(=O)N1[C@H]2C[C@H]2C[C@H]1[C@H](OC)[C@@H](C)C(=O)N[C@@H](Cc1ccccc1F)C(=O)OC(C)(C)C)OC)N(C)C(=O)[C@@H](CC(=O)[C@H](C(C)C)N(C)C(=O)OCC1c2ccccc2-c2ccccc21)C(C)C. The Morgan fingerprint density at radius 2 is 1.39 bits per heavy atom. The molecule has 1 N–H and O–H groups in total. The minimum Gasteiger partial charge on any atom is -0.458 e. The third kappa shape index (κ3) is 13.5. The van der Waals surface area contributed by atoms with Crippen LogP contribution in [-0.2, 0) is 49.3 Å². The molecule has 3 aromatic carbocycles. The third-order valence-corrected chi connectivity index (χ3v) is 16.0. The van der Waals surface area contributed by atoms with E-state index in [0.29, 0.717) is 12.8 Å². The number of esters is 1. The summed E-state index contributed by atoms with van der Waals surface area (Å²) in [4.78, 5) is 90.5. The lowest BCUT2D eigenvalue weighted by Gasteiger charge is -2.41. The number of fused-ring (bicyclic) bond motifs is 4. The first-order valence-corrected chi connectivity index (χ1v) is 26.9. The van der Waals surface area contributed by atoms with Crippen molar-refractivity contribution in [3.05, 3.63) is 95.3 Å². The number of carbonyl (C=O) groups excluding carboxylic acids is 6. The number of amides is 4. The molecule has 0 spiro atoms. The maximum atomic E-state index is 14.9. The molecule has 4 amide bonds. The van der Waals surface area contributed by atoms with Crippen molar-refractivity contribution in [2.24, 2.45) is 35.5 Å². The zero-order chi connectivity index (χ0) is 55.2. The Kier molecular flexibility index (Phi) is 19.5. The Morgan fingerprint density at radius 1 is 0.787 bits per heavy atom. The van der Waals surface area contributed by atoms with Gasteiger partial charge in [0.05, 0.1) is 42.7 Å². The fraction of sp³-hybridized carbons (Fsp3) is 0.600. The number of halogens is 1. The monoisotopic (exact) mass is 1040 g/mol. The fourth-order valence-electron chi connectivity index (χ4n) is 11.8. The van der Waals surface area contributed by atoms with Gasteiger partial charge in [-0.15, -0.1) is 0 Å². The van der Waals surface area contributed by atoms with Crippen LogP contribution in [0.5, 0.6) is 0 Å². The number of carbonyl (C=O) groups is 6. The number of ether oxygens (including phenoxy) is 4. The Hall–Kier alpha value is -5.67. The van der Waals surface area contributed by atoms with Gasteiger partial charge in [-0.25, -0.2) is 14.0 Å². The zero-order valence-electron chi connectivity index (χ0n) is 46.8. The Labute approximate surface area is 444 Å². The smallest absolute Gasteiger partial charge is 0.410 e. The van der Waals surface area contributed by atoms with E-state index in [1.165, 1.54) is 25.2 Å². The number of likely N-dealkylation sites (N-methyl/N-ethyl adjacent to an activating group) is 2. The van der Waals surface area contributed by atoms with Gasteiger partial charge >= 0.3 is 12.1 Å². The summed E-state index contributed by atoms with van der Waals surface area (Å²) in [7, 11) is 6.33. The molecule has 1 aliphatic heterocycles. The van der Waals surface area contributed by atoms with Gasteiger partial charge in [0, 0.05) is 59.0 Å². The van der Waals surface area contributed by atoms with Crippen LogP contribution in [0.25, 0.3) is 11.1 Å². The molecule has 6 rings (SSSR count). The zero-order valence-corrected chi connectivity index (χ0v) is 46.8. The number of likely N-dealkylation sites (tertiary alicyclic amines) is 1. The van der Waals surface area contributed by atoms with Crippen molar-refractivity contribution in [1.82, 2.24) is 20.0 Å². The highest BCUT2D eigenvalue weighted by Gasteiger charge is 2.57. The van der Waals surface area contributed by atoms with Crippen LogP contribution < -0.4 is 5.32 Å². The van der Waals surface area contributed by atoms with Gasteiger partial charge in [0.25, 0.3) is 0 Å². The predicted molar refractivity (Wildman–Crippen MR) is 286 cm³/mol. The Bertz CT molecular complexity index is 2460. The molecule has 0 radical (unpaired) electrons. The van der Waals surface area contributed by atoms with Crippen LogP contribution in [0.3, 0.4) is 0 Å². The molecule has 0 bridgehead atoms. The van der Waals surface area contributed by atoms with E-state index < -0.39 is 77.6 Å². The number of ketones is 1. The van der Waals surface area contributed by atoms with Gasteiger partial charge in [-0.2, -0.15) is 0 Å². The van der Waals surface area contributed by atoms with Crippen LogP contribution >= 0.6 is 0 Å². The van der Waals surface area contributed by atoms with E-state index in [9.17, 15) is 33.2 Å². The second-order valence-electron chi connectivity index (χ2n) is 23.0. The highest BCUT2D eigenvalue weighted by atomic mass is 19.1. The molecular formula is C60H83FN4O10. The Morgan fingerprint density at radius 3 is 1.93 bits per heavy atom. The molecule has 2 fully saturated rings. The van der Waals surface area contributed by atoms with Crippen molar-refractivity contribution in [3.8, 4) is 11.1 Å². The van der Waals surface area contributed by atoms with Crippen LogP contribution in [0, 0.1) is 41.3 Å². The van der Waals surface area contributed by atoms with Crippen LogP contribution in [0.15, 0.2) is 72.8 Å². The average molecular weight is 1040 g/mol. The van der Waals surface area contributed by atoms with Gasteiger partial charge in [0.2, 0.25) is 17.7 Å². The van der Waals surface area contributed by atoms with Crippen molar-refractivity contribution in [1.29, 1.82) is 0 Å². The van der Waals surface area contributed by atoms with Crippen molar-refractivity contribution in [2.45, 2.75) is 162 Å². The molecular weight excluding hydrogens is 956 g/mol. The lowest BCUT2D eigenvalue weighted by Crippen LogP contribution is -2.56. The van der Waals surface area contributed by atoms with Crippen LogP contribution in [0.4, 0.5) is 9.18 Å². The molecule has 14 nitrogen and oxygen atoms in total. The normalized spacial score (nSPS) is 20.1. The molecule has 15 heteroatoms. The fourth-order valence-corrected chi connectivity index (χ4v) is 11.8. The first-order chi connectivity index (χ1) is 35.4. The van der Waals surface area contributed by atoms with Gasteiger partial charge in [-0.3, -0.25) is 19.2 Å². The number of piperidine rings is 1. The standard InChI is InChI=1S/C60H83FN4O10/c1-15-36(6)54(63(11)57(69)44(34(2)3)31-50(66)53(35(4)5)64(12)59(71)74-33-45-42-25-19-17-23-40(42)41-24-18-20-26-43(41)45)51(72-13)32-52(67)65-48-29-39(48)30-49(65)55(73-14)37(7)56(68)62-47(58(70)75-60(8,9)10)28-38-22-16-21-27-46(38)61/h16-27,34-37,39,44-45,47-49,51,53-55H,15,28-33H2,1-14H3,(H,62,68)/t36-,37+,39-,44-,47-,48-,49-,51+,53-,54-,55+/m0/s1. The summed E-state index contributed by atoms with van der Waals surface area (Å²) in [5.41, 5.74) is 3.78. The maximum Gasteiger partial charge on any atom is 0.410 e. The first kappa shape index (κ1) is 58.6. The van der Waals surface area contributed by atoms with Crippen molar-refractivity contribution in [2.75, 3.05) is 34.9 Å². The molecule has 75 heavy (non-hydrogen) atoms. The van der Waals surface area contributed by atoms with Crippen LogP contribution in [0.1, 0.15) is 124 Å². The van der Waals surface area contributed by atoms with E-state index in [-0.39, 0.29) is 84.7 Å². The van der Waals surface area contributed by atoms with Crippen LogP contribution in [-0.4, -0.2) is 133 Å². The maximum absolute atomic E-state index is 14.9. The molecule has 0 aromatic heterocycles. The highest BCUT2D eigenvalue weighted by molar-refractivity contribution is 5.92. The second kappa shape index (κ2) is 25.0. The van der Waals surface area contributed by atoms with Crippen molar-refractivity contribution >= 4 is 35.6 Å². The van der Waals surface area contributed by atoms with Gasteiger partial charge in [-0.1, -0.05) is 122 Å². The molecule has 1 saturated heterocycles. The van der Waals surface area contributed by atoms with Crippen LogP contribution in [0.2, 0.25) is 0 Å². The summed E-state index contributed by atoms with van der Waals surface area (Å²) >= 11 is 0. The average Bonchev–Trinajstić information content (AvgIpc) is 3.91. The molecule has 0 unspecified atom stereocenters. The Balaban J connectivity index is 1.14. The van der Waals surface area contributed by atoms with E-state index in [1.807, 2.05) is 70.7 Å². The summed E-state index contributed by atoms with van der Waals surface area (Å²) in [5.74, 6) is -4.58. The molecule has 1 saturated carbocycles. The van der Waals surface area contributed by atoms with Gasteiger partial charge < -0.3 is 39.0 Å². The quantitative estimate of drug-likeness (QED) is 0.0857.